The average molecular weight is 213 g/mol. The highest BCUT2D eigenvalue weighted by Gasteiger charge is 2.14. The Hall–Kier alpha value is -1.02. The summed E-state index contributed by atoms with van der Waals surface area (Å²) in [7, 11) is 0. The lowest BCUT2D eigenvalue weighted by molar-refractivity contribution is -0.137. The predicted molar refractivity (Wildman–Crippen MR) is 56.8 cm³/mol. The van der Waals surface area contributed by atoms with Crippen LogP contribution in [0, 0.1) is 13.8 Å². The topological polar surface area (TPSA) is 37.3 Å². The fourth-order valence-electron chi connectivity index (χ4n) is 1.44. The summed E-state index contributed by atoms with van der Waals surface area (Å²) >= 11 is 5.98. The van der Waals surface area contributed by atoms with E-state index < -0.39 is 11.3 Å². The minimum absolute atomic E-state index is 0.0363. The molecule has 1 aromatic carbocycles. The maximum Gasteiger partial charge on any atom is 0.305 e. The van der Waals surface area contributed by atoms with E-state index in [9.17, 15) is 4.79 Å². The number of aliphatic carboxylic acids is 1. The largest absolute Gasteiger partial charge is 0.481 e. The van der Waals surface area contributed by atoms with Gasteiger partial charge in [0.1, 0.15) is 0 Å². The Labute approximate surface area is 88.5 Å². The van der Waals surface area contributed by atoms with Crippen LogP contribution in [0.1, 0.15) is 28.5 Å². The second-order valence-corrected chi connectivity index (χ2v) is 3.95. The molecule has 0 spiro atoms. The lowest BCUT2D eigenvalue weighted by atomic mass is 10.0. The van der Waals surface area contributed by atoms with Crippen LogP contribution in [0.15, 0.2) is 18.2 Å². The first kappa shape index (κ1) is 11.1. The first-order valence-electron chi connectivity index (χ1n) is 4.43. The molecule has 14 heavy (non-hydrogen) atoms. The molecule has 1 atom stereocenters. The van der Waals surface area contributed by atoms with Crippen LogP contribution in [0.2, 0.25) is 0 Å². The molecule has 0 radical (unpaired) electrons. The van der Waals surface area contributed by atoms with Gasteiger partial charge >= 0.3 is 5.97 Å². The van der Waals surface area contributed by atoms with E-state index in [-0.39, 0.29) is 6.42 Å². The molecule has 0 bridgehead atoms. The van der Waals surface area contributed by atoms with E-state index in [2.05, 4.69) is 0 Å². The highest BCUT2D eigenvalue weighted by atomic mass is 35.5. The third kappa shape index (κ3) is 2.74. The second-order valence-electron chi connectivity index (χ2n) is 3.43. The molecule has 1 rings (SSSR count). The number of halogens is 1. The van der Waals surface area contributed by atoms with Crippen LogP contribution in [0.25, 0.3) is 0 Å². The summed E-state index contributed by atoms with van der Waals surface area (Å²) < 4.78 is 0. The quantitative estimate of drug-likeness (QED) is 0.782. The average Bonchev–Trinajstić information content (AvgIpc) is 2.01. The molecular weight excluding hydrogens is 200 g/mol. The molecule has 0 aliphatic heterocycles. The number of carboxylic acids is 1. The van der Waals surface area contributed by atoms with Crippen LogP contribution in [-0.4, -0.2) is 11.1 Å². The maximum atomic E-state index is 10.5. The molecule has 0 heterocycles. The zero-order valence-electron chi connectivity index (χ0n) is 8.25. The van der Waals surface area contributed by atoms with Crippen molar-refractivity contribution in [2.24, 2.45) is 0 Å². The van der Waals surface area contributed by atoms with E-state index in [1.807, 2.05) is 32.0 Å². The Morgan fingerprint density at radius 2 is 2.14 bits per heavy atom. The van der Waals surface area contributed by atoms with Gasteiger partial charge in [0, 0.05) is 0 Å². The third-order valence-electron chi connectivity index (χ3n) is 2.12. The van der Waals surface area contributed by atoms with Gasteiger partial charge in [0.2, 0.25) is 0 Å². The van der Waals surface area contributed by atoms with Gasteiger partial charge in [-0.25, -0.2) is 0 Å². The van der Waals surface area contributed by atoms with Gasteiger partial charge in [0.05, 0.1) is 11.8 Å². The molecule has 0 saturated heterocycles. The summed E-state index contributed by atoms with van der Waals surface area (Å²) in [5.41, 5.74) is 3.11. The number of carboxylic acid groups (broad SMARTS) is 1. The molecular formula is C11H13ClO2. The van der Waals surface area contributed by atoms with E-state index in [0.717, 1.165) is 16.7 Å². The summed E-state index contributed by atoms with van der Waals surface area (Å²) in [4.78, 5) is 10.5. The van der Waals surface area contributed by atoms with E-state index >= 15 is 0 Å². The van der Waals surface area contributed by atoms with E-state index in [0.29, 0.717) is 0 Å². The number of benzene rings is 1. The number of alkyl halides is 1. The molecule has 1 aromatic rings. The van der Waals surface area contributed by atoms with Crippen molar-refractivity contribution in [3.05, 3.63) is 34.9 Å². The fraction of sp³-hybridized carbons (Fsp3) is 0.364. The van der Waals surface area contributed by atoms with Crippen molar-refractivity contribution in [2.75, 3.05) is 0 Å². The number of carbonyl (C=O) groups is 1. The van der Waals surface area contributed by atoms with Crippen LogP contribution in [0.4, 0.5) is 0 Å². The number of hydrogen-bond acceptors (Lipinski definition) is 1. The van der Waals surface area contributed by atoms with Crippen LogP contribution >= 0.6 is 11.6 Å². The van der Waals surface area contributed by atoms with E-state index in [1.54, 1.807) is 0 Å². The minimum atomic E-state index is -0.870. The fourth-order valence-corrected chi connectivity index (χ4v) is 1.82. The van der Waals surface area contributed by atoms with Crippen molar-refractivity contribution in [1.29, 1.82) is 0 Å². The lowest BCUT2D eigenvalue weighted by Crippen LogP contribution is -2.02. The van der Waals surface area contributed by atoms with Crippen molar-refractivity contribution >= 4 is 17.6 Å². The Kier molecular flexibility index (Phi) is 3.53. The van der Waals surface area contributed by atoms with Crippen LogP contribution in [-0.2, 0) is 4.79 Å². The lowest BCUT2D eigenvalue weighted by Gasteiger charge is -2.10. The van der Waals surface area contributed by atoms with Gasteiger partial charge < -0.3 is 5.11 Å². The summed E-state index contributed by atoms with van der Waals surface area (Å²) in [6, 6.07) is 5.84. The minimum Gasteiger partial charge on any atom is -0.481 e. The van der Waals surface area contributed by atoms with Gasteiger partial charge in [-0.3, -0.25) is 4.79 Å². The summed E-state index contributed by atoms with van der Waals surface area (Å²) in [6.07, 6.45) is -0.0363. The van der Waals surface area contributed by atoms with Gasteiger partial charge in [-0.2, -0.15) is 0 Å². The Bertz CT molecular complexity index is 347. The van der Waals surface area contributed by atoms with Crippen molar-refractivity contribution in [1.82, 2.24) is 0 Å². The van der Waals surface area contributed by atoms with Crippen molar-refractivity contribution < 1.29 is 9.90 Å². The second kappa shape index (κ2) is 4.47. The maximum absolute atomic E-state index is 10.5. The highest BCUT2D eigenvalue weighted by molar-refractivity contribution is 6.21. The van der Waals surface area contributed by atoms with Gasteiger partial charge in [-0.05, 0) is 25.0 Å². The molecule has 76 valence electrons. The molecule has 0 aliphatic carbocycles. The standard InChI is InChI=1S/C11H13ClO2/c1-7-3-4-9(8(2)5-7)10(12)6-11(13)14/h3-5,10H,6H2,1-2H3,(H,13,14). The van der Waals surface area contributed by atoms with Crippen LogP contribution < -0.4 is 0 Å². The molecule has 1 unspecified atom stereocenters. The molecule has 0 fully saturated rings. The predicted octanol–water partition coefficient (Wildman–Crippen LogP) is 3.06. The van der Waals surface area contributed by atoms with Crippen LogP contribution in [0.3, 0.4) is 0 Å². The summed E-state index contributed by atoms with van der Waals surface area (Å²) in [5, 5.41) is 8.17. The first-order valence-corrected chi connectivity index (χ1v) is 4.87. The molecule has 1 N–H and O–H groups in total. The van der Waals surface area contributed by atoms with E-state index in [1.165, 1.54) is 0 Å². The molecule has 0 aliphatic rings. The molecule has 0 saturated carbocycles. The van der Waals surface area contributed by atoms with Crippen molar-refractivity contribution in [2.45, 2.75) is 25.6 Å². The Balaban J connectivity index is 2.90. The highest BCUT2D eigenvalue weighted by Crippen LogP contribution is 2.27. The normalized spacial score (nSPS) is 12.5. The molecule has 2 nitrogen and oxygen atoms in total. The molecule has 0 amide bonds. The third-order valence-corrected chi connectivity index (χ3v) is 2.51. The van der Waals surface area contributed by atoms with Crippen molar-refractivity contribution in [3.8, 4) is 0 Å². The summed E-state index contributed by atoms with van der Waals surface area (Å²) in [6.45, 7) is 3.94. The smallest absolute Gasteiger partial charge is 0.305 e. The summed E-state index contributed by atoms with van der Waals surface area (Å²) in [5.74, 6) is -0.870. The molecule has 3 heteroatoms. The number of aryl methyl sites for hydroxylation is 2. The monoisotopic (exact) mass is 212 g/mol. The SMILES string of the molecule is Cc1ccc(C(Cl)CC(=O)O)c(C)c1. The van der Waals surface area contributed by atoms with E-state index in [4.69, 9.17) is 16.7 Å². The van der Waals surface area contributed by atoms with Gasteiger partial charge in [0.15, 0.2) is 0 Å². The molecule has 0 aromatic heterocycles. The Morgan fingerprint density at radius 1 is 1.50 bits per heavy atom. The zero-order chi connectivity index (χ0) is 10.7. The van der Waals surface area contributed by atoms with Gasteiger partial charge in [-0.15, -0.1) is 11.6 Å². The van der Waals surface area contributed by atoms with Gasteiger partial charge in [0.25, 0.3) is 0 Å². The first-order chi connectivity index (χ1) is 6.50. The Morgan fingerprint density at radius 3 is 2.64 bits per heavy atom. The zero-order valence-corrected chi connectivity index (χ0v) is 9.01. The number of hydrogen-bond donors (Lipinski definition) is 1. The number of rotatable bonds is 3. The van der Waals surface area contributed by atoms with Crippen molar-refractivity contribution in [3.63, 3.8) is 0 Å². The van der Waals surface area contributed by atoms with Gasteiger partial charge in [-0.1, -0.05) is 23.8 Å². The van der Waals surface area contributed by atoms with Crippen LogP contribution in [0.5, 0.6) is 0 Å².